The molecule has 29 heavy (non-hydrogen) atoms. The van der Waals surface area contributed by atoms with Gasteiger partial charge in [-0.05, 0) is 54.7 Å². The number of aromatic nitrogens is 2. The maximum atomic E-state index is 12.8. The third-order valence-corrected chi connectivity index (χ3v) is 4.77. The lowest BCUT2D eigenvalue weighted by atomic mass is 9.86. The predicted octanol–water partition coefficient (Wildman–Crippen LogP) is 6.60. The average Bonchev–Trinajstić information content (AvgIpc) is 3.18. The summed E-state index contributed by atoms with van der Waals surface area (Å²) in [5.41, 5.74) is 0.656. The van der Waals surface area contributed by atoms with Gasteiger partial charge in [0.15, 0.2) is 0 Å². The first-order valence-corrected chi connectivity index (χ1v) is 8.96. The van der Waals surface area contributed by atoms with Crippen LogP contribution in [0.15, 0.2) is 61.1 Å². The van der Waals surface area contributed by atoms with Crippen molar-refractivity contribution in [3.8, 4) is 0 Å². The second-order valence-electron chi connectivity index (χ2n) is 6.76. The highest BCUT2D eigenvalue weighted by molar-refractivity contribution is 5.36. The molecular formula is C21H18F6N2. The minimum atomic E-state index is -4.44. The number of imidazole rings is 1. The van der Waals surface area contributed by atoms with Crippen molar-refractivity contribution in [1.82, 2.24) is 9.97 Å². The summed E-state index contributed by atoms with van der Waals surface area (Å²) in [6.07, 6.45) is -3.71. The summed E-state index contributed by atoms with van der Waals surface area (Å²) >= 11 is 0. The van der Waals surface area contributed by atoms with Crippen molar-refractivity contribution >= 4 is 0 Å². The second kappa shape index (κ2) is 8.31. The van der Waals surface area contributed by atoms with Crippen LogP contribution in [0.4, 0.5) is 26.3 Å². The lowest BCUT2D eigenvalue weighted by Gasteiger charge is -2.19. The molecule has 0 bridgehead atoms. The summed E-state index contributed by atoms with van der Waals surface area (Å²) in [6.45, 7) is 0. The molecule has 0 aliphatic heterocycles. The van der Waals surface area contributed by atoms with Crippen molar-refractivity contribution in [1.29, 1.82) is 0 Å². The van der Waals surface area contributed by atoms with E-state index >= 15 is 0 Å². The Balaban J connectivity index is 1.84. The number of H-pyrrole nitrogens is 1. The maximum Gasteiger partial charge on any atom is 0.416 e. The Hall–Kier alpha value is -2.77. The van der Waals surface area contributed by atoms with Crippen LogP contribution in [0.1, 0.15) is 46.7 Å². The Bertz CT molecular complexity index is 837. The zero-order valence-corrected chi connectivity index (χ0v) is 15.2. The van der Waals surface area contributed by atoms with Gasteiger partial charge in [0.25, 0.3) is 0 Å². The Labute approximate surface area is 163 Å². The van der Waals surface area contributed by atoms with Gasteiger partial charge in [-0.15, -0.1) is 0 Å². The van der Waals surface area contributed by atoms with E-state index in [1.807, 2.05) is 0 Å². The fourth-order valence-corrected chi connectivity index (χ4v) is 3.25. The predicted molar refractivity (Wildman–Crippen MR) is 96.3 cm³/mol. The SMILES string of the molecule is FC(F)(F)c1ccc(C(CCCc2cnc[nH]2)c2ccc(C(F)(F)F)cc2)cc1. The highest BCUT2D eigenvalue weighted by atomic mass is 19.4. The van der Waals surface area contributed by atoms with Crippen LogP contribution < -0.4 is 0 Å². The molecule has 154 valence electrons. The van der Waals surface area contributed by atoms with Crippen LogP contribution >= 0.6 is 0 Å². The number of alkyl halides is 6. The fourth-order valence-electron chi connectivity index (χ4n) is 3.25. The van der Waals surface area contributed by atoms with Gasteiger partial charge in [-0.25, -0.2) is 4.98 Å². The zero-order valence-electron chi connectivity index (χ0n) is 15.2. The molecule has 1 heterocycles. The Kier molecular flexibility index (Phi) is 6.00. The van der Waals surface area contributed by atoms with Crippen molar-refractivity contribution in [2.45, 2.75) is 37.5 Å². The van der Waals surface area contributed by atoms with E-state index in [9.17, 15) is 26.3 Å². The molecule has 0 aliphatic carbocycles. The van der Waals surface area contributed by atoms with Crippen LogP contribution in [-0.4, -0.2) is 9.97 Å². The zero-order chi connectivity index (χ0) is 21.1. The number of benzene rings is 2. The van der Waals surface area contributed by atoms with Crippen LogP contribution in [-0.2, 0) is 18.8 Å². The standard InChI is InChI=1S/C21H18F6N2/c22-20(23,24)16-8-4-14(5-9-16)19(3-1-2-18-12-28-13-29-18)15-6-10-17(11-7-15)21(25,26)27/h4-13,19H,1-3H2,(H,28,29). The molecule has 0 saturated heterocycles. The van der Waals surface area contributed by atoms with E-state index in [1.165, 1.54) is 24.3 Å². The first-order chi connectivity index (χ1) is 13.6. The van der Waals surface area contributed by atoms with E-state index in [1.54, 1.807) is 12.5 Å². The molecule has 0 unspecified atom stereocenters. The van der Waals surface area contributed by atoms with E-state index in [-0.39, 0.29) is 5.92 Å². The van der Waals surface area contributed by atoms with Gasteiger partial charge >= 0.3 is 12.4 Å². The highest BCUT2D eigenvalue weighted by Gasteiger charge is 2.31. The number of hydrogen-bond acceptors (Lipinski definition) is 1. The Morgan fingerprint density at radius 1 is 0.759 bits per heavy atom. The summed E-state index contributed by atoms with van der Waals surface area (Å²) in [4.78, 5) is 6.91. The molecule has 3 aromatic rings. The van der Waals surface area contributed by atoms with E-state index in [0.29, 0.717) is 30.4 Å². The van der Waals surface area contributed by atoms with Crippen molar-refractivity contribution in [3.63, 3.8) is 0 Å². The van der Waals surface area contributed by atoms with Crippen LogP contribution in [0.25, 0.3) is 0 Å². The lowest BCUT2D eigenvalue weighted by molar-refractivity contribution is -0.138. The van der Waals surface area contributed by atoms with Crippen LogP contribution in [0, 0.1) is 0 Å². The molecule has 3 rings (SSSR count). The summed E-state index contributed by atoms with van der Waals surface area (Å²) < 4.78 is 77.1. The smallest absolute Gasteiger partial charge is 0.348 e. The minimum absolute atomic E-state index is 0.317. The molecule has 2 aromatic carbocycles. The van der Waals surface area contributed by atoms with Crippen molar-refractivity contribution in [2.24, 2.45) is 0 Å². The quantitative estimate of drug-likeness (QED) is 0.454. The van der Waals surface area contributed by atoms with Gasteiger partial charge in [-0.1, -0.05) is 24.3 Å². The molecule has 0 spiro atoms. The van der Waals surface area contributed by atoms with Crippen LogP contribution in [0.2, 0.25) is 0 Å². The van der Waals surface area contributed by atoms with Gasteiger partial charge in [0.1, 0.15) is 0 Å². The van der Waals surface area contributed by atoms with E-state index in [4.69, 9.17) is 0 Å². The number of nitrogens with one attached hydrogen (secondary N) is 1. The molecule has 0 atom stereocenters. The molecule has 0 saturated carbocycles. The van der Waals surface area contributed by atoms with E-state index in [0.717, 1.165) is 30.0 Å². The average molecular weight is 412 g/mol. The Morgan fingerprint density at radius 3 is 1.62 bits per heavy atom. The van der Waals surface area contributed by atoms with E-state index in [2.05, 4.69) is 9.97 Å². The topological polar surface area (TPSA) is 28.7 Å². The molecule has 8 heteroatoms. The van der Waals surface area contributed by atoms with Gasteiger partial charge in [0, 0.05) is 17.8 Å². The summed E-state index contributed by atoms with van der Waals surface area (Å²) in [7, 11) is 0. The monoisotopic (exact) mass is 412 g/mol. The molecule has 0 fully saturated rings. The van der Waals surface area contributed by atoms with Gasteiger partial charge in [0.2, 0.25) is 0 Å². The lowest BCUT2D eigenvalue weighted by Crippen LogP contribution is -2.08. The number of nitrogens with zero attached hydrogens (tertiary/aromatic N) is 1. The van der Waals surface area contributed by atoms with Gasteiger partial charge < -0.3 is 4.98 Å². The number of aromatic amines is 1. The highest BCUT2D eigenvalue weighted by Crippen LogP contribution is 2.35. The van der Waals surface area contributed by atoms with Gasteiger partial charge in [-0.3, -0.25) is 0 Å². The minimum Gasteiger partial charge on any atom is -0.348 e. The van der Waals surface area contributed by atoms with Crippen LogP contribution in [0.3, 0.4) is 0 Å². The van der Waals surface area contributed by atoms with Crippen molar-refractivity contribution < 1.29 is 26.3 Å². The normalized spacial score (nSPS) is 12.5. The molecule has 1 aromatic heterocycles. The first kappa shape index (κ1) is 21.0. The molecule has 0 amide bonds. The third-order valence-electron chi connectivity index (χ3n) is 4.77. The number of halogens is 6. The third kappa shape index (κ3) is 5.40. The largest absolute Gasteiger partial charge is 0.416 e. The Morgan fingerprint density at radius 2 is 1.24 bits per heavy atom. The van der Waals surface area contributed by atoms with Gasteiger partial charge in [-0.2, -0.15) is 26.3 Å². The number of hydrogen-bond donors (Lipinski definition) is 1. The summed E-state index contributed by atoms with van der Waals surface area (Å²) in [5.74, 6) is -0.317. The number of rotatable bonds is 6. The molecular weight excluding hydrogens is 394 g/mol. The molecule has 0 radical (unpaired) electrons. The summed E-state index contributed by atoms with van der Waals surface area (Å²) in [5, 5.41) is 0. The molecule has 2 nitrogen and oxygen atoms in total. The van der Waals surface area contributed by atoms with Gasteiger partial charge in [0.05, 0.1) is 17.5 Å². The first-order valence-electron chi connectivity index (χ1n) is 8.96. The molecule has 0 aliphatic rings. The maximum absolute atomic E-state index is 12.8. The van der Waals surface area contributed by atoms with Crippen LogP contribution in [0.5, 0.6) is 0 Å². The van der Waals surface area contributed by atoms with E-state index < -0.39 is 23.5 Å². The summed E-state index contributed by atoms with van der Waals surface area (Å²) in [6, 6.07) is 9.57. The fraction of sp³-hybridized carbons (Fsp3) is 0.286. The van der Waals surface area contributed by atoms with Crippen molar-refractivity contribution in [3.05, 3.63) is 89.0 Å². The molecule has 1 N–H and O–H groups in total. The number of aryl methyl sites for hydroxylation is 1. The van der Waals surface area contributed by atoms with Crippen molar-refractivity contribution in [2.75, 3.05) is 0 Å². The second-order valence-corrected chi connectivity index (χ2v) is 6.76.